The van der Waals surface area contributed by atoms with Gasteiger partial charge in [0.1, 0.15) is 24.2 Å². The van der Waals surface area contributed by atoms with Gasteiger partial charge in [-0.1, -0.05) is 42.0 Å². The molecule has 1 saturated heterocycles. The van der Waals surface area contributed by atoms with E-state index in [0.29, 0.717) is 24.3 Å². The fourth-order valence-corrected chi connectivity index (χ4v) is 4.77. The van der Waals surface area contributed by atoms with Gasteiger partial charge in [0.25, 0.3) is 0 Å². The number of piperidine rings is 1. The van der Waals surface area contributed by atoms with Gasteiger partial charge in [0.15, 0.2) is 0 Å². The highest BCUT2D eigenvalue weighted by Gasteiger charge is 2.43. The Balaban J connectivity index is 1.12. The summed E-state index contributed by atoms with van der Waals surface area (Å²) in [4.78, 5) is 27.2. The minimum atomic E-state index is -0.408. The number of amides is 2. The van der Waals surface area contributed by atoms with Crippen LogP contribution in [0.1, 0.15) is 36.8 Å². The maximum absolute atomic E-state index is 14.2. The van der Waals surface area contributed by atoms with Crippen LogP contribution in [-0.4, -0.2) is 45.7 Å². The minimum Gasteiger partial charge on any atom is -0.489 e. The lowest BCUT2D eigenvalue weighted by Gasteiger charge is -2.33. The summed E-state index contributed by atoms with van der Waals surface area (Å²) in [6, 6.07) is 14.6. The van der Waals surface area contributed by atoms with Crippen LogP contribution in [0.25, 0.3) is 0 Å². The quantitative estimate of drug-likeness (QED) is 0.456. The van der Waals surface area contributed by atoms with Crippen LogP contribution in [0.15, 0.2) is 73.1 Å². The second-order valence-corrected chi connectivity index (χ2v) is 9.92. The summed E-state index contributed by atoms with van der Waals surface area (Å²) in [5.74, 6) is 0.199. The van der Waals surface area contributed by atoms with Crippen LogP contribution in [0, 0.1) is 12.7 Å². The zero-order chi connectivity index (χ0) is 25.8. The van der Waals surface area contributed by atoms with Crippen molar-refractivity contribution >= 4 is 17.5 Å². The molecule has 2 amide bonds. The Morgan fingerprint density at radius 3 is 2.73 bits per heavy atom. The van der Waals surface area contributed by atoms with E-state index in [1.165, 1.54) is 28.6 Å². The first-order valence-corrected chi connectivity index (χ1v) is 12.7. The molecule has 8 heteroatoms. The van der Waals surface area contributed by atoms with Crippen LogP contribution < -0.4 is 10.1 Å². The van der Waals surface area contributed by atoms with E-state index in [2.05, 4.69) is 10.4 Å². The number of likely N-dealkylation sites (tertiary alicyclic amines) is 1. The number of nitrogens with one attached hydrogen (secondary N) is 1. The summed E-state index contributed by atoms with van der Waals surface area (Å²) in [6.07, 6.45) is 9.74. The molecule has 1 aliphatic heterocycles. The average molecular weight is 503 g/mol. The number of hydrogen-bond acceptors (Lipinski definition) is 4. The first-order valence-electron chi connectivity index (χ1n) is 12.7. The Labute approximate surface area is 215 Å². The Bertz CT molecular complexity index is 1300. The molecule has 0 bridgehead atoms. The molecule has 0 radical (unpaired) electrons. The Morgan fingerprint density at radius 1 is 1.19 bits per heavy atom. The Hall–Kier alpha value is -3.94. The van der Waals surface area contributed by atoms with Crippen LogP contribution in [0.3, 0.4) is 0 Å². The standard InChI is InChI=1S/C29H31FN4O3/c1-21-8-10-23(11-9-21)37-24-5-4-16-33(19-24)28(36)20-34-18-22(17-31-34)32-27(35)12-13-29(14-15-29)25-6-2-3-7-26(25)30/h2-3,6-13,17-18,24H,4-5,14-16,19-20H2,1H3,(H,32,35)/b13-12+. The predicted molar refractivity (Wildman–Crippen MR) is 139 cm³/mol. The van der Waals surface area contributed by atoms with Gasteiger partial charge in [-0.3, -0.25) is 14.3 Å². The highest BCUT2D eigenvalue weighted by molar-refractivity contribution is 5.99. The SMILES string of the molecule is Cc1ccc(OC2CCCN(C(=O)Cn3cc(NC(=O)/C=C/C4(c5ccccc5F)CC4)cn3)C2)cc1. The average Bonchev–Trinajstić information content (AvgIpc) is 3.56. The highest BCUT2D eigenvalue weighted by Crippen LogP contribution is 2.50. The second kappa shape index (κ2) is 10.6. The number of aromatic nitrogens is 2. The van der Waals surface area contributed by atoms with Crippen LogP contribution >= 0.6 is 0 Å². The summed E-state index contributed by atoms with van der Waals surface area (Å²) in [7, 11) is 0. The zero-order valence-corrected chi connectivity index (χ0v) is 20.9. The van der Waals surface area contributed by atoms with E-state index in [1.807, 2.05) is 42.2 Å². The Morgan fingerprint density at radius 2 is 1.97 bits per heavy atom. The summed E-state index contributed by atoms with van der Waals surface area (Å²) in [6.45, 7) is 3.34. The van der Waals surface area contributed by atoms with Gasteiger partial charge in [0, 0.05) is 24.2 Å². The molecule has 0 spiro atoms. The molecule has 1 atom stereocenters. The number of rotatable bonds is 8. The van der Waals surface area contributed by atoms with Gasteiger partial charge >= 0.3 is 0 Å². The second-order valence-electron chi connectivity index (χ2n) is 9.92. The number of aryl methyl sites for hydroxylation is 1. The number of hydrogen-bond donors (Lipinski definition) is 1. The molecular weight excluding hydrogens is 471 g/mol. The fraction of sp³-hybridized carbons (Fsp3) is 0.345. The largest absolute Gasteiger partial charge is 0.489 e. The molecule has 192 valence electrons. The van der Waals surface area contributed by atoms with Crippen molar-refractivity contribution in [3.05, 3.63) is 90.0 Å². The predicted octanol–water partition coefficient (Wildman–Crippen LogP) is 4.63. The van der Waals surface area contributed by atoms with Crippen molar-refractivity contribution in [3.63, 3.8) is 0 Å². The monoisotopic (exact) mass is 502 g/mol. The van der Waals surface area contributed by atoms with Crippen LogP contribution in [0.5, 0.6) is 5.75 Å². The fourth-order valence-electron chi connectivity index (χ4n) is 4.77. The molecular formula is C29H31FN4O3. The third-order valence-corrected chi connectivity index (χ3v) is 7.01. The molecule has 1 saturated carbocycles. The summed E-state index contributed by atoms with van der Waals surface area (Å²) in [5.41, 5.74) is 1.88. The van der Waals surface area contributed by atoms with Crippen LogP contribution in [0.4, 0.5) is 10.1 Å². The number of ether oxygens (including phenoxy) is 1. The molecule has 3 aromatic rings. The minimum absolute atomic E-state index is 0.0428. The molecule has 5 rings (SSSR count). The summed E-state index contributed by atoms with van der Waals surface area (Å²) in [5, 5.41) is 7.00. The smallest absolute Gasteiger partial charge is 0.248 e. The third-order valence-electron chi connectivity index (χ3n) is 7.01. The van der Waals surface area contributed by atoms with Crippen molar-refractivity contribution in [2.75, 3.05) is 18.4 Å². The topological polar surface area (TPSA) is 76.5 Å². The van der Waals surface area contributed by atoms with Crippen molar-refractivity contribution in [2.24, 2.45) is 0 Å². The molecule has 1 aliphatic carbocycles. The van der Waals surface area contributed by atoms with Gasteiger partial charge in [0.05, 0.1) is 18.4 Å². The number of halogens is 1. The molecule has 1 aromatic heterocycles. The molecule has 2 aliphatic rings. The van der Waals surface area contributed by atoms with Gasteiger partial charge in [0.2, 0.25) is 11.8 Å². The van der Waals surface area contributed by atoms with Gasteiger partial charge < -0.3 is 15.0 Å². The van der Waals surface area contributed by atoms with Gasteiger partial charge in [-0.25, -0.2) is 4.39 Å². The molecule has 2 fully saturated rings. The van der Waals surface area contributed by atoms with E-state index in [1.54, 1.807) is 24.4 Å². The van der Waals surface area contributed by atoms with Crippen molar-refractivity contribution in [1.82, 2.24) is 14.7 Å². The van der Waals surface area contributed by atoms with E-state index < -0.39 is 5.41 Å². The van der Waals surface area contributed by atoms with Crippen molar-refractivity contribution < 1.29 is 18.7 Å². The van der Waals surface area contributed by atoms with Gasteiger partial charge in [-0.05, 0) is 56.4 Å². The molecule has 37 heavy (non-hydrogen) atoms. The van der Waals surface area contributed by atoms with E-state index >= 15 is 0 Å². The number of anilines is 1. The van der Waals surface area contributed by atoms with Crippen molar-refractivity contribution in [1.29, 1.82) is 0 Å². The summed E-state index contributed by atoms with van der Waals surface area (Å²) < 4.78 is 21.8. The van der Waals surface area contributed by atoms with Gasteiger partial charge in [-0.2, -0.15) is 5.10 Å². The Kier molecular flexibility index (Phi) is 7.08. The van der Waals surface area contributed by atoms with E-state index in [9.17, 15) is 14.0 Å². The normalized spacial score (nSPS) is 18.5. The first-order chi connectivity index (χ1) is 17.9. The first kappa shape index (κ1) is 24.7. The number of carbonyl (C=O) groups is 2. The lowest BCUT2D eigenvalue weighted by atomic mass is 9.95. The number of allylic oxidation sites excluding steroid dienone is 1. The maximum atomic E-state index is 14.2. The maximum Gasteiger partial charge on any atom is 0.248 e. The third kappa shape index (κ3) is 6.07. The number of carbonyl (C=O) groups excluding carboxylic acids is 2. The molecule has 7 nitrogen and oxygen atoms in total. The van der Waals surface area contributed by atoms with Crippen LogP contribution in [0.2, 0.25) is 0 Å². The molecule has 2 aromatic carbocycles. The van der Waals surface area contributed by atoms with E-state index in [0.717, 1.165) is 31.4 Å². The lowest BCUT2D eigenvalue weighted by Crippen LogP contribution is -2.45. The zero-order valence-electron chi connectivity index (χ0n) is 20.9. The number of nitrogens with zero attached hydrogens (tertiary/aromatic N) is 3. The number of benzene rings is 2. The van der Waals surface area contributed by atoms with E-state index in [-0.39, 0.29) is 30.3 Å². The highest BCUT2D eigenvalue weighted by atomic mass is 19.1. The lowest BCUT2D eigenvalue weighted by molar-refractivity contribution is -0.134. The van der Waals surface area contributed by atoms with Crippen LogP contribution in [-0.2, 0) is 21.5 Å². The molecule has 1 unspecified atom stereocenters. The van der Waals surface area contributed by atoms with Crippen molar-refractivity contribution in [2.45, 2.75) is 50.7 Å². The summed E-state index contributed by atoms with van der Waals surface area (Å²) >= 11 is 0. The molecule has 2 heterocycles. The molecule has 1 N–H and O–H groups in total. The van der Waals surface area contributed by atoms with E-state index in [4.69, 9.17) is 4.74 Å². The van der Waals surface area contributed by atoms with Crippen molar-refractivity contribution in [3.8, 4) is 5.75 Å². The van der Waals surface area contributed by atoms with Gasteiger partial charge in [-0.15, -0.1) is 0 Å².